The highest BCUT2D eigenvalue weighted by Gasteiger charge is 2.15. The molecule has 26 heavy (non-hydrogen) atoms. The van der Waals surface area contributed by atoms with Crippen LogP contribution in [-0.2, 0) is 33.9 Å². The summed E-state index contributed by atoms with van der Waals surface area (Å²) in [4.78, 5) is 12.0. The van der Waals surface area contributed by atoms with E-state index in [4.69, 9.17) is 14.0 Å². The van der Waals surface area contributed by atoms with Crippen LogP contribution in [0.5, 0.6) is 0 Å². The van der Waals surface area contributed by atoms with Gasteiger partial charge in [0.15, 0.2) is 5.76 Å². The molecule has 0 spiro atoms. The fraction of sp³-hybridized carbons (Fsp3) is 0.474. The lowest BCUT2D eigenvalue weighted by Gasteiger charge is -2.21. The van der Waals surface area contributed by atoms with Gasteiger partial charge < -0.3 is 19.3 Å². The largest absolute Gasteiger partial charge is 0.381 e. The first-order valence-corrected chi connectivity index (χ1v) is 9.59. The highest BCUT2D eigenvalue weighted by Crippen LogP contribution is 2.14. The van der Waals surface area contributed by atoms with Crippen molar-refractivity contribution in [1.29, 1.82) is 0 Å². The summed E-state index contributed by atoms with van der Waals surface area (Å²) in [5.74, 6) is 1.09. The number of halogens is 1. The fourth-order valence-electron chi connectivity index (χ4n) is 2.79. The number of carbonyl (C=O) groups excluding carboxylic acids is 1. The lowest BCUT2D eigenvalue weighted by Crippen LogP contribution is -2.33. The van der Waals surface area contributed by atoms with E-state index in [0.29, 0.717) is 37.1 Å². The third-order valence-corrected chi connectivity index (χ3v) is 4.83. The smallest absolute Gasteiger partial charge is 0.226 e. The van der Waals surface area contributed by atoms with Crippen molar-refractivity contribution in [3.63, 3.8) is 0 Å². The van der Waals surface area contributed by atoms with Crippen molar-refractivity contribution < 1.29 is 18.8 Å². The predicted octanol–water partition coefficient (Wildman–Crippen LogP) is 3.24. The van der Waals surface area contributed by atoms with Gasteiger partial charge in [-0.3, -0.25) is 4.79 Å². The molecule has 1 aliphatic heterocycles. The van der Waals surface area contributed by atoms with Crippen LogP contribution >= 0.6 is 15.9 Å². The van der Waals surface area contributed by atoms with E-state index < -0.39 is 0 Å². The zero-order valence-electron chi connectivity index (χ0n) is 14.6. The average Bonchev–Trinajstić information content (AvgIpc) is 3.10. The normalized spacial score (nSPS) is 15.1. The molecule has 0 radical (unpaired) electrons. The Morgan fingerprint density at radius 3 is 2.77 bits per heavy atom. The van der Waals surface area contributed by atoms with Crippen molar-refractivity contribution >= 4 is 21.8 Å². The number of carbonyl (C=O) groups is 1. The first kappa shape index (κ1) is 19.1. The molecule has 1 aliphatic rings. The molecule has 0 aliphatic carbocycles. The van der Waals surface area contributed by atoms with E-state index in [1.165, 1.54) is 0 Å². The zero-order valence-corrected chi connectivity index (χ0v) is 16.2. The third kappa shape index (κ3) is 6.23. The zero-order chi connectivity index (χ0) is 18.2. The summed E-state index contributed by atoms with van der Waals surface area (Å²) in [5.41, 5.74) is 1.71. The summed E-state index contributed by atoms with van der Waals surface area (Å²) >= 11 is 3.40. The topological polar surface area (TPSA) is 73.6 Å². The molecule has 1 N–H and O–H groups in total. The summed E-state index contributed by atoms with van der Waals surface area (Å²) in [6.07, 6.45) is 2.23. The molecule has 0 atom stereocenters. The number of amides is 1. The molecule has 6 nitrogen and oxygen atoms in total. The van der Waals surface area contributed by atoms with Gasteiger partial charge in [0, 0.05) is 30.3 Å². The van der Waals surface area contributed by atoms with Crippen LogP contribution < -0.4 is 5.32 Å². The van der Waals surface area contributed by atoms with Crippen molar-refractivity contribution in [3.05, 3.63) is 51.8 Å². The maximum absolute atomic E-state index is 12.0. The van der Waals surface area contributed by atoms with Crippen LogP contribution in [0.3, 0.4) is 0 Å². The first-order valence-electron chi connectivity index (χ1n) is 8.80. The number of rotatable bonds is 8. The molecule has 0 bridgehead atoms. The molecule has 1 amide bonds. The Bertz CT molecular complexity index is 696. The minimum atomic E-state index is -0.0351. The molecule has 3 rings (SSSR count). The van der Waals surface area contributed by atoms with Crippen LogP contribution in [-0.4, -0.2) is 30.8 Å². The average molecular weight is 423 g/mol. The van der Waals surface area contributed by atoms with Crippen LogP contribution in [0.1, 0.15) is 29.9 Å². The molecular weight excluding hydrogens is 400 g/mol. The van der Waals surface area contributed by atoms with Gasteiger partial charge in [0.05, 0.1) is 18.7 Å². The maximum atomic E-state index is 12.0. The molecule has 7 heteroatoms. The van der Waals surface area contributed by atoms with Crippen molar-refractivity contribution in [1.82, 2.24) is 10.5 Å². The lowest BCUT2D eigenvalue weighted by molar-refractivity contribution is -0.120. The van der Waals surface area contributed by atoms with Crippen molar-refractivity contribution in [2.45, 2.75) is 32.5 Å². The highest BCUT2D eigenvalue weighted by atomic mass is 79.9. The van der Waals surface area contributed by atoms with E-state index in [0.717, 1.165) is 36.1 Å². The van der Waals surface area contributed by atoms with E-state index in [1.54, 1.807) is 6.07 Å². The first-order chi connectivity index (χ1) is 12.7. The number of hydrogen-bond acceptors (Lipinski definition) is 5. The van der Waals surface area contributed by atoms with Gasteiger partial charge in [0.1, 0.15) is 6.61 Å². The number of ether oxygens (including phenoxy) is 2. The van der Waals surface area contributed by atoms with Gasteiger partial charge in [-0.05, 0) is 36.5 Å². The van der Waals surface area contributed by atoms with E-state index in [2.05, 4.69) is 26.4 Å². The minimum absolute atomic E-state index is 0.0351. The number of hydrogen-bond donors (Lipinski definition) is 1. The van der Waals surface area contributed by atoms with Gasteiger partial charge in [0.25, 0.3) is 0 Å². The highest BCUT2D eigenvalue weighted by molar-refractivity contribution is 9.10. The monoisotopic (exact) mass is 422 g/mol. The summed E-state index contributed by atoms with van der Waals surface area (Å²) in [6.45, 7) is 3.09. The lowest BCUT2D eigenvalue weighted by atomic mass is 10.0. The Morgan fingerprint density at radius 2 is 2.00 bits per heavy atom. The second-order valence-electron chi connectivity index (χ2n) is 6.44. The van der Waals surface area contributed by atoms with Gasteiger partial charge in [-0.25, -0.2) is 0 Å². The number of benzene rings is 1. The van der Waals surface area contributed by atoms with Crippen molar-refractivity contribution in [2.75, 3.05) is 19.8 Å². The van der Waals surface area contributed by atoms with Gasteiger partial charge in [0.2, 0.25) is 5.91 Å². The van der Waals surface area contributed by atoms with Crippen LogP contribution in [0.2, 0.25) is 0 Å². The van der Waals surface area contributed by atoms with E-state index in [-0.39, 0.29) is 12.3 Å². The molecule has 1 fully saturated rings. The summed E-state index contributed by atoms with van der Waals surface area (Å²) in [5, 5.41) is 6.91. The second-order valence-corrected chi connectivity index (χ2v) is 7.36. The van der Waals surface area contributed by atoms with Gasteiger partial charge >= 0.3 is 0 Å². The molecule has 1 aromatic heterocycles. The summed E-state index contributed by atoms with van der Waals surface area (Å²) in [7, 11) is 0. The molecule has 2 heterocycles. The number of nitrogens with one attached hydrogen (secondary N) is 1. The Morgan fingerprint density at radius 1 is 1.23 bits per heavy atom. The maximum Gasteiger partial charge on any atom is 0.226 e. The fourth-order valence-corrected chi connectivity index (χ4v) is 3.06. The SMILES string of the molecule is O=C(Cc1cc(COCc2ccc(Br)cc2)on1)NCC1CCOCC1. The van der Waals surface area contributed by atoms with E-state index >= 15 is 0 Å². The van der Waals surface area contributed by atoms with Gasteiger partial charge in [-0.15, -0.1) is 0 Å². The minimum Gasteiger partial charge on any atom is -0.381 e. The number of nitrogens with zero attached hydrogens (tertiary/aromatic N) is 1. The Labute approximate surface area is 161 Å². The van der Waals surface area contributed by atoms with Crippen LogP contribution in [0.25, 0.3) is 0 Å². The third-order valence-electron chi connectivity index (χ3n) is 4.30. The van der Waals surface area contributed by atoms with Crippen LogP contribution in [0.4, 0.5) is 0 Å². The van der Waals surface area contributed by atoms with Crippen LogP contribution in [0.15, 0.2) is 39.3 Å². The number of aromatic nitrogens is 1. The molecule has 140 valence electrons. The summed E-state index contributed by atoms with van der Waals surface area (Å²) < 4.78 is 17.2. The van der Waals surface area contributed by atoms with Crippen molar-refractivity contribution in [2.24, 2.45) is 5.92 Å². The quantitative estimate of drug-likeness (QED) is 0.706. The Balaban J connectivity index is 1.36. The van der Waals surface area contributed by atoms with Gasteiger partial charge in [-0.1, -0.05) is 33.2 Å². The predicted molar refractivity (Wildman–Crippen MR) is 99.4 cm³/mol. The molecule has 1 saturated heterocycles. The molecule has 0 unspecified atom stereocenters. The molecular formula is C19H23BrN2O4. The molecule has 2 aromatic rings. The molecule has 1 aromatic carbocycles. The Hall–Kier alpha value is -1.70. The Kier molecular flexibility index (Phi) is 7.22. The molecule has 0 saturated carbocycles. The van der Waals surface area contributed by atoms with Gasteiger partial charge in [-0.2, -0.15) is 0 Å². The van der Waals surface area contributed by atoms with Crippen LogP contribution in [0, 0.1) is 5.92 Å². The second kappa shape index (κ2) is 9.85. The van der Waals surface area contributed by atoms with E-state index in [1.807, 2.05) is 24.3 Å². The van der Waals surface area contributed by atoms with E-state index in [9.17, 15) is 4.79 Å². The summed E-state index contributed by atoms with van der Waals surface area (Å²) in [6, 6.07) is 9.72. The van der Waals surface area contributed by atoms with Crippen molar-refractivity contribution in [3.8, 4) is 0 Å². The standard InChI is InChI=1S/C19H23BrN2O4/c20-16-3-1-15(2-4-16)12-25-13-18-9-17(22-26-18)10-19(23)21-11-14-5-7-24-8-6-14/h1-4,9,14H,5-8,10-13H2,(H,21,23).